The van der Waals surface area contributed by atoms with E-state index >= 15 is 0 Å². The highest BCUT2D eigenvalue weighted by molar-refractivity contribution is 5.95. The molecule has 1 saturated carbocycles. The average Bonchev–Trinajstić information content (AvgIpc) is 2.41. The van der Waals surface area contributed by atoms with E-state index in [4.69, 9.17) is 5.73 Å². The second-order valence-electron chi connectivity index (χ2n) is 5.38. The topological polar surface area (TPSA) is 75.3 Å². The number of hydrogen-bond donors (Lipinski definition) is 3. The molecule has 0 amide bonds. The van der Waals surface area contributed by atoms with Gasteiger partial charge in [0.1, 0.15) is 0 Å². The first kappa shape index (κ1) is 13.7. The van der Waals surface area contributed by atoms with Gasteiger partial charge >= 0.3 is 5.97 Å². The molecular weight excluding hydrogens is 240 g/mol. The Morgan fingerprint density at radius 3 is 2.63 bits per heavy atom. The van der Waals surface area contributed by atoms with E-state index < -0.39 is 5.97 Å². The van der Waals surface area contributed by atoms with Gasteiger partial charge in [0, 0.05) is 17.4 Å². The third-order valence-corrected chi connectivity index (χ3v) is 4.06. The van der Waals surface area contributed by atoms with Gasteiger partial charge < -0.3 is 16.2 Å². The maximum Gasteiger partial charge on any atom is 0.337 e. The molecule has 2 rings (SSSR count). The molecule has 104 valence electrons. The van der Waals surface area contributed by atoms with Gasteiger partial charge in [0.15, 0.2) is 0 Å². The van der Waals surface area contributed by atoms with Crippen molar-refractivity contribution < 1.29 is 9.90 Å². The van der Waals surface area contributed by atoms with E-state index in [0.717, 1.165) is 18.8 Å². The number of carboxylic acids is 1. The Hall–Kier alpha value is -1.71. The first-order valence-corrected chi connectivity index (χ1v) is 6.99. The predicted molar refractivity (Wildman–Crippen MR) is 77.5 cm³/mol. The highest BCUT2D eigenvalue weighted by Crippen LogP contribution is 2.29. The normalized spacial score (nSPS) is 23.0. The average molecular weight is 262 g/mol. The molecule has 0 heterocycles. The van der Waals surface area contributed by atoms with E-state index in [-0.39, 0.29) is 5.56 Å². The Bertz CT molecular complexity index is 451. The summed E-state index contributed by atoms with van der Waals surface area (Å²) >= 11 is 0. The second-order valence-corrected chi connectivity index (χ2v) is 5.38. The number of benzene rings is 1. The minimum atomic E-state index is -0.933. The molecule has 1 aromatic carbocycles. The minimum Gasteiger partial charge on any atom is -0.478 e. The molecule has 0 radical (unpaired) electrons. The highest BCUT2D eigenvalue weighted by atomic mass is 16.4. The molecule has 1 fully saturated rings. The molecule has 1 aliphatic rings. The molecule has 0 aliphatic heterocycles. The smallest absolute Gasteiger partial charge is 0.337 e. The summed E-state index contributed by atoms with van der Waals surface area (Å²) in [7, 11) is 0. The third-order valence-electron chi connectivity index (χ3n) is 4.06. The van der Waals surface area contributed by atoms with Crippen molar-refractivity contribution in [1.82, 2.24) is 0 Å². The van der Waals surface area contributed by atoms with Crippen LogP contribution in [0.25, 0.3) is 0 Å². The van der Waals surface area contributed by atoms with Gasteiger partial charge in [-0.3, -0.25) is 0 Å². The summed E-state index contributed by atoms with van der Waals surface area (Å²) in [6.07, 6.45) is 5.93. The van der Waals surface area contributed by atoms with Crippen LogP contribution >= 0.6 is 0 Å². The minimum absolute atomic E-state index is 0.262. The number of anilines is 2. The molecule has 19 heavy (non-hydrogen) atoms. The number of nitrogens with two attached hydrogens (primary N) is 1. The lowest BCUT2D eigenvalue weighted by Crippen LogP contribution is -2.26. The highest BCUT2D eigenvalue weighted by Gasteiger charge is 2.21. The molecule has 1 aromatic rings. The molecule has 4 heteroatoms. The van der Waals surface area contributed by atoms with Gasteiger partial charge in [-0.15, -0.1) is 0 Å². The Kier molecular flexibility index (Phi) is 4.30. The number of nitrogen functional groups attached to an aromatic ring is 1. The van der Waals surface area contributed by atoms with E-state index in [1.807, 2.05) is 0 Å². The fourth-order valence-corrected chi connectivity index (χ4v) is 2.80. The molecule has 0 saturated heterocycles. The van der Waals surface area contributed by atoms with Crippen molar-refractivity contribution in [2.24, 2.45) is 5.92 Å². The Morgan fingerprint density at radius 2 is 2.05 bits per heavy atom. The number of aromatic carboxylic acids is 1. The third kappa shape index (κ3) is 3.40. The lowest BCUT2D eigenvalue weighted by atomic mass is 9.84. The standard InChI is InChI=1S/C15H22N2O2/c1-2-10-3-6-12(7-4-10)17-14-8-5-11(16)9-13(14)15(18)19/h5,8-10,12,17H,2-4,6-7,16H2,1H3,(H,18,19). The van der Waals surface area contributed by atoms with E-state index in [9.17, 15) is 9.90 Å². The summed E-state index contributed by atoms with van der Waals surface area (Å²) in [4.78, 5) is 11.2. The zero-order valence-electron chi connectivity index (χ0n) is 11.4. The Labute approximate surface area is 114 Å². The summed E-state index contributed by atoms with van der Waals surface area (Å²) in [6.45, 7) is 2.24. The van der Waals surface area contributed by atoms with Crippen LogP contribution in [0, 0.1) is 5.92 Å². The quantitative estimate of drug-likeness (QED) is 0.727. The Morgan fingerprint density at radius 1 is 1.37 bits per heavy atom. The summed E-state index contributed by atoms with van der Waals surface area (Å²) in [5.74, 6) is -0.0968. The number of carboxylic acid groups (broad SMARTS) is 1. The lowest BCUT2D eigenvalue weighted by Gasteiger charge is -2.29. The number of rotatable bonds is 4. The maximum atomic E-state index is 11.2. The SMILES string of the molecule is CCC1CCC(Nc2ccc(N)cc2C(=O)O)CC1. The zero-order valence-corrected chi connectivity index (χ0v) is 11.4. The summed E-state index contributed by atoms with van der Waals surface area (Å²) in [6, 6.07) is 5.41. The van der Waals surface area contributed by atoms with Gasteiger partial charge in [0.25, 0.3) is 0 Å². The van der Waals surface area contributed by atoms with Crippen LogP contribution in [0.2, 0.25) is 0 Å². The molecule has 4 N–H and O–H groups in total. The number of carbonyl (C=O) groups is 1. The van der Waals surface area contributed by atoms with E-state index in [0.29, 0.717) is 17.4 Å². The Balaban J connectivity index is 2.05. The van der Waals surface area contributed by atoms with Crippen molar-refractivity contribution in [1.29, 1.82) is 0 Å². The van der Waals surface area contributed by atoms with Crippen molar-refractivity contribution in [2.45, 2.75) is 45.1 Å². The first-order chi connectivity index (χ1) is 9.10. The van der Waals surface area contributed by atoms with Gasteiger partial charge in [-0.05, 0) is 49.8 Å². The van der Waals surface area contributed by atoms with Crippen LogP contribution in [-0.2, 0) is 0 Å². The van der Waals surface area contributed by atoms with Crippen LogP contribution in [0.5, 0.6) is 0 Å². The number of hydrogen-bond acceptors (Lipinski definition) is 3. The van der Waals surface area contributed by atoms with Crippen molar-refractivity contribution in [3.8, 4) is 0 Å². The molecular formula is C15H22N2O2. The molecule has 0 bridgehead atoms. The lowest BCUT2D eigenvalue weighted by molar-refractivity contribution is 0.0698. The van der Waals surface area contributed by atoms with Crippen LogP contribution in [0.1, 0.15) is 49.4 Å². The fraction of sp³-hybridized carbons (Fsp3) is 0.533. The molecule has 0 aromatic heterocycles. The predicted octanol–water partition coefficient (Wildman–Crippen LogP) is 3.35. The van der Waals surface area contributed by atoms with Crippen LogP contribution in [-0.4, -0.2) is 17.1 Å². The van der Waals surface area contributed by atoms with Gasteiger partial charge in [0.05, 0.1) is 5.56 Å². The van der Waals surface area contributed by atoms with E-state index in [2.05, 4.69) is 12.2 Å². The van der Waals surface area contributed by atoms with E-state index in [1.165, 1.54) is 25.3 Å². The molecule has 1 aliphatic carbocycles. The van der Waals surface area contributed by atoms with Crippen LogP contribution in [0.3, 0.4) is 0 Å². The first-order valence-electron chi connectivity index (χ1n) is 6.99. The van der Waals surface area contributed by atoms with Gasteiger partial charge in [-0.2, -0.15) is 0 Å². The van der Waals surface area contributed by atoms with E-state index in [1.54, 1.807) is 12.1 Å². The monoisotopic (exact) mass is 262 g/mol. The van der Waals surface area contributed by atoms with Crippen LogP contribution in [0.15, 0.2) is 18.2 Å². The van der Waals surface area contributed by atoms with Crippen LogP contribution < -0.4 is 11.1 Å². The largest absolute Gasteiger partial charge is 0.478 e. The zero-order chi connectivity index (χ0) is 13.8. The van der Waals surface area contributed by atoms with Crippen LogP contribution in [0.4, 0.5) is 11.4 Å². The molecule has 0 spiro atoms. The fourth-order valence-electron chi connectivity index (χ4n) is 2.80. The van der Waals surface area contributed by atoms with Crippen molar-refractivity contribution in [3.63, 3.8) is 0 Å². The van der Waals surface area contributed by atoms with Gasteiger partial charge in [0.2, 0.25) is 0 Å². The second kappa shape index (κ2) is 5.95. The van der Waals surface area contributed by atoms with Gasteiger partial charge in [-0.1, -0.05) is 13.3 Å². The summed E-state index contributed by atoms with van der Waals surface area (Å²) in [5.41, 5.74) is 7.07. The molecule has 0 unspecified atom stereocenters. The number of nitrogens with one attached hydrogen (secondary N) is 1. The van der Waals surface area contributed by atoms with Crippen molar-refractivity contribution in [2.75, 3.05) is 11.1 Å². The molecule has 4 nitrogen and oxygen atoms in total. The van der Waals surface area contributed by atoms with Crippen molar-refractivity contribution >= 4 is 17.3 Å². The summed E-state index contributed by atoms with van der Waals surface area (Å²) < 4.78 is 0. The maximum absolute atomic E-state index is 11.2. The van der Waals surface area contributed by atoms with Crippen molar-refractivity contribution in [3.05, 3.63) is 23.8 Å². The molecule has 0 atom stereocenters. The van der Waals surface area contributed by atoms with Gasteiger partial charge in [-0.25, -0.2) is 4.79 Å². The summed E-state index contributed by atoms with van der Waals surface area (Å²) in [5, 5.41) is 12.6.